The zero-order valence-corrected chi connectivity index (χ0v) is 10.7. The van der Waals surface area contributed by atoms with Gasteiger partial charge in [-0.05, 0) is 52.7 Å². The van der Waals surface area contributed by atoms with E-state index in [2.05, 4.69) is 26.2 Å². The van der Waals surface area contributed by atoms with Gasteiger partial charge in [-0.25, -0.2) is 4.98 Å². The molecular weight excluding hydrogens is 268 g/mol. The molecule has 0 radical (unpaired) electrons. The Bertz CT molecular complexity index is 390. The summed E-state index contributed by atoms with van der Waals surface area (Å²) in [5.41, 5.74) is 0.502. The average molecular weight is 283 g/mol. The zero-order valence-electron chi connectivity index (χ0n) is 9.08. The topological polar surface area (TPSA) is 34.1 Å². The molecule has 1 atom stereocenters. The molecule has 1 spiro atoms. The average Bonchev–Trinajstić information content (AvgIpc) is 2.91. The largest absolute Gasteiger partial charge is 0.381 e. The van der Waals surface area contributed by atoms with Crippen LogP contribution in [-0.4, -0.2) is 24.2 Å². The lowest BCUT2D eigenvalue weighted by atomic mass is 9.96. The summed E-state index contributed by atoms with van der Waals surface area (Å²) in [4.78, 5) is 4.41. The molecule has 0 aromatic carbocycles. The van der Waals surface area contributed by atoms with Crippen molar-refractivity contribution in [1.29, 1.82) is 0 Å². The molecule has 0 amide bonds. The Balaban J connectivity index is 1.65. The molecule has 1 saturated carbocycles. The minimum atomic E-state index is 0.502. The quantitative estimate of drug-likeness (QED) is 0.847. The Hall–Kier alpha value is -0.610. The van der Waals surface area contributed by atoms with Crippen molar-refractivity contribution in [3.8, 4) is 0 Å². The number of hydrogen-bond donors (Lipinski definition) is 1. The summed E-state index contributed by atoms with van der Waals surface area (Å²) < 4.78 is 6.30. The van der Waals surface area contributed by atoms with Crippen molar-refractivity contribution in [3.63, 3.8) is 0 Å². The molecule has 2 fully saturated rings. The molecule has 1 aliphatic heterocycles. The SMILES string of the molecule is Brc1cccc(N[C@@H]2CC23CCOCC3)n1. The third kappa shape index (κ3) is 1.96. The fourth-order valence-electron chi connectivity index (χ4n) is 2.55. The molecule has 1 aromatic heterocycles. The number of nitrogens with zero attached hydrogens (tertiary/aromatic N) is 1. The van der Waals surface area contributed by atoms with Gasteiger partial charge >= 0.3 is 0 Å². The van der Waals surface area contributed by atoms with Gasteiger partial charge in [0.15, 0.2) is 0 Å². The molecule has 0 unspecified atom stereocenters. The lowest BCUT2D eigenvalue weighted by molar-refractivity contribution is 0.0567. The van der Waals surface area contributed by atoms with E-state index in [0.717, 1.165) is 23.6 Å². The van der Waals surface area contributed by atoms with Crippen LogP contribution in [0.15, 0.2) is 22.8 Å². The highest BCUT2D eigenvalue weighted by molar-refractivity contribution is 9.10. The van der Waals surface area contributed by atoms with E-state index in [0.29, 0.717) is 11.5 Å². The van der Waals surface area contributed by atoms with Crippen molar-refractivity contribution < 1.29 is 4.74 Å². The Morgan fingerprint density at radius 3 is 2.94 bits per heavy atom. The fourth-order valence-corrected chi connectivity index (χ4v) is 2.89. The standard InChI is InChI=1S/C12H15BrN2O/c13-10-2-1-3-11(15-10)14-9-8-12(9)4-6-16-7-5-12/h1-3,9H,4-8H2,(H,14,15)/t9-/m1/s1. The number of nitrogens with one attached hydrogen (secondary N) is 1. The molecule has 1 N–H and O–H groups in total. The van der Waals surface area contributed by atoms with E-state index < -0.39 is 0 Å². The second-order valence-corrected chi connectivity index (χ2v) is 5.53. The molecule has 0 bridgehead atoms. The molecule has 2 aliphatic rings. The first kappa shape index (κ1) is 10.5. The van der Waals surface area contributed by atoms with Crippen molar-refractivity contribution >= 4 is 21.7 Å². The Kier molecular flexibility index (Phi) is 2.64. The predicted molar refractivity (Wildman–Crippen MR) is 66.5 cm³/mol. The van der Waals surface area contributed by atoms with Crippen molar-refractivity contribution in [2.45, 2.75) is 25.3 Å². The van der Waals surface area contributed by atoms with Crippen LogP contribution in [0.2, 0.25) is 0 Å². The van der Waals surface area contributed by atoms with E-state index in [1.54, 1.807) is 0 Å². The van der Waals surface area contributed by atoms with Crippen LogP contribution in [0.5, 0.6) is 0 Å². The van der Waals surface area contributed by atoms with Gasteiger partial charge in [-0.3, -0.25) is 0 Å². The predicted octanol–water partition coefficient (Wildman–Crippen LogP) is 2.83. The summed E-state index contributed by atoms with van der Waals surface area (Å²) in [6.07, 6.45) is 3.65. The molecule has 16 heavy (non-hydrogen) atoms. The number of halogens is 1. The van der Waals surface area contributed by atoms with Gasteiger partial charge < -0.3 is 10.1 Å². The lowest BCUT2D eigenvalue weighted by Gasteiger charge is -2.23. The number of aromatic nitrogens is 1. The maximum atomic E-state index is 5.41. The number of pyridine rings is 1. The minimum absolute atomic E-state index is 0.502. The van der Waals surface area contributed by atoms with Crippen LogP contribution in [0.4, 0.5) is 5.82 Å². The molecular formula is C12H15BrN2O. The number of hydrogen-bond acceptors (Lipinski definition) is 3. The Morgan fingerprint density at radius 1 is 1.38 bits per heavy atom. The van der Waals surface area contributed by atoms with Gasteiger partial charge in [-0.15, -0.1) is 0 Å². The van der Waals surface area contributed by atoms with Gasteiger partial charge in [-0.1, -0.05) is 6.07 Å². The fraction of sp³-hybridized carbons (Fsp3) is 0.583. The second-order valence-electron chi connectivity index (χ2n) is 4.72. The molecule has 1 aromatic rings. The molecule has 86 valence electrons. The summed E-state index contributed by atoms with van der Waals surface area (Å²) >= 11 is 3.39. The third-order valence-corrected chi connectivity index (χ3v) is 4.16. The summed E-state index contributed by atoms with van der Waals surface area (Å²) in [5.74, 6) is 0.975. The van der Waals surface area contributed by atoms with E-state index in [9.17, 15) is 0 Å². The highest BCUT2D eigenvalue weighted by Crippen LogP contribution is 2.54. The summed E-state index contributed by atoms with van der Waals surface area (Å²) in [6, 6.07) is 6.58. The first-order valence-electron chi connectivity index (χ1n) is 5.75. The lowest BCUT2D eigenvalue weighted by Crippen LogP contribution is -2.23. The van der Waals surface area contributed by atoms with Gasteiger partial charge in [0.25, 0.3) is 0 Å². The first-order valence-corrected chi connectivity index (χ1v) is 6.55. The molecule has 2 heterocycles. The smallest absolute Gasteiger partial charge is 0.127 e. The highest BCUT2D eigenvalue weighted by Gasteiger charge is 2.54. The first-order chi connectivity index (χ1) is 7.78. The van der Waals surface area contributed by atoms with E-state index in [1.807, 2.05) is 18.2 Å². The normalized spacial score (nSPS) is 26.7. The van der Waals surface area contributed by atoms with Crippen molar-refractivity contribution in [2.24, 2.45) is 5.41 Å². The van der Waals surface area contributed by atoms with Gasteiger partial charge in [-0.2, -0.15) is 0 Å². The molecule has 3 rings (SSSR count). The summed E-state index contributed by atoms with van der Waals surface area (Å²) in [6.45, 7) is 1.84. The van der Waals surface area contributed by atoms with Crippen LogP contribution in [0.3, 0.4) is 0 Å². The van der Waals surface area contributed by atoms with E-state index >= 15 is 0 Å². The zero-order chi connectivity index (χ0) is 11.0. The molecule has 1 aliphatic carbocycles. The van der Waals surface area contributed by atoms with E-state index in [4.69, 9.17) is 4.74 Å². The van der Waals surface area contributed by atoms with Gasteiger partial charge in [0, 0.05) is 19.3 Å². The van der Waals surface area contributed by atoms with Gasteiger partial charge in [0.05, 0.1) is 0 Å². The maximum Gasteiger partial charge on any atom is 0.127 e. The van der Waals surface area contributed by atoms with Crippen LogP contribution < -0.4 is 5.32 Å². The van der Waals surface area contributed by atoms with Crippen LogP contribution in [0.1, 0.15) is 19.3 Å². The number of ether oxygens (including phenoxy) is 1. The molecule has 4 heteroatoms. The van der Waals surface area contributed by atoms with Crippen molar-refractivity contribution in [2.75, 3.05) is 18.5 Å². The maximum absolute atomic E-state index is 5.41. The van der Waals surface area contributed by atoms with Crippen LogP contribution in [0, 0.1) is 5.41 Å². The third-order valence-electron chi connectivity index (χ3n) is 3.72. The van der Waals surface area contributed by atoms with Crippen LogP contribution >= 0.6 is 15.9 Å². The Morgan fingerprint density at radius 2 is 2.19 bits per heavy atom. The van der Waals surface area contributed by atoms with E-state index in [1.165, 1.54) is 19.3 Å². The Labute approximate surface area is 104 Å². The van der Waals surface area contributed by atoms with Gasteiger partial charge in [0.1, 0.15) is 10.4 Å². The monoisotopic (exact) mass is 282 g/mol. The van der Waals surface area contributed by atoms with Crippen LogP contribution in [0.25, 0.3) is 0 Å². The number of anilines is 1. The number of rotatable bonds is 2. The van der Waals surface area contributed by atoms with Crippen molar-refractivity contribution in [1.82, 2.24) is 4.98 Å². The molecule has 1 saturated heterocycles. The summed E-state index contributed by atoms with van der Waals surface area (Å²) in [5, 5.41) is 3.52. The van der Waals surface area contributed by atoms with Crippen LogP contribution in [-0.2, 0) is 4.74 Å². The minimum Gasteiger partial charge on any atom is -0.381 e. The van der Waals surface area contributed by atoms with Gasteiger partial charge in [0.2, 0.25) is 0 Å². The van der Waals surface area contributed by atoms with E-state index in [-0.39, 0.29) is 0 Å². The second kappa shape index (κ2) is 4.00. The molecule has 3 nitrogen and oxygen atoms in total. The van der Waals surface area contributed by atoms with Crippen molar-refractivity contribution in [3.05, 3.63) is 22.8 Å². The highest BCUT2D eigenvalue weighted by atomic mass is 79.9. The summed E-state index contributed by atoms with van der Waals surface area (Å²) in [7, 11) is 0.